The maximum Gasteiger partial charge on any atom is 0.0836 e. The summed E-state index contributed by atoms with van der Waals surface area (Å²) in [6, 6.07) is 9.53. The molecule has 3 heteroatoms. The molecule has 0 unspecified atom stereocenters. The van der Waals surface area contributed by atoms with Crippen LogP contribution in [0.4, 0.5) is 0 Å². The largest absolute Gasteiger partial charge is 0.411 e. The van der Waals surface area contributed by atoms with E-state index in [1.807, 2.05) is 30.3 Å². The zero-order valence-electron chi connectivity index (χ0n) is 6.78. The molecule has 1 aromatic rings. The average Bonchev–Trinajstić information content (AvgIpc) is 2.05. The summed E-state index contributed by atoms with van der Waals surface area (Å²) >= 11 is 0. The second kappa shape index (κ2) is 5.35. The second-order valence-corrected chi connectivity index (χ2v) is 2.05. The van der Waals surface area contributed by atoms with Crippen LogP contribution >= 0.6 is 0 Å². The van der Waals surface area contributed by atoms with Gasteiger partial charge in [0.25, 0.3) is 0 Å². The summed E-state index contributed by atoms with van der Waals surface area (Å²) in [6.45, 7) is 1.76. The van der Waals surface area contributed by atoms with E-state index in [1.54, 1.807) is 6.92 Å². The predicted molar refractivity (Wildman–Crippen MR) is 46.2 cm³/mol. The molecular formula is C8H9NNaO. The summed E-state index contributed by atoms with van der Waals surface area (Å²) in [5, 5.41) is 11.5. The standard InChI is InChI=1S/C8H9NO.Na/c1-7(9-10)8-5-3-2-4-6-8;/h2-6,10H,1H3;. The first kappa shape index (κ1) is 10.7. The van der Waals surface area contributed by atoms with Crippen LogP contribution in [0, 0.1) is 0 Å². The van der Waals surface area contributed by atoms with E-state index in [0.717, 1.165) is 5.56 Å². The first-order valence-corrected chi connectivity index (χ1v) is 3.08. The Kier molecular flexibility index (Phi) is 5.20. The maximum atomic E-state index is 8.38. The predicted octanol–water partition coefficient (Wildman–Crippen LogP) is 1.50. The fraction of sp³-hybridized carbons (Fsp3) is 0.125. The smallest absolute Gasteiger partial charge is 0.0836 e. The van der Waals surface area contributed by atoms with Gasteiger partial charge in [-0.05, 0) is 12.5 Å². The molecule has 0 aliphatic carbocycles. The van der Waals surface area contributed by atoms with Crippen molar-refractivity contribution in [3.05, 3.63) is 35.9 Å². The van der Waals surface area contributed by atoms with E-state index >= 15 is 0 Å². The number of oxime groups is 1. The summed E-state index contributed by atoms with van der Waals surface area (Å²) in [5.74, 6) is 0. The second-order valence-electron chi connectivity index (χ2n) is 2.05. The Morgan fingerprint density at radius 3 is 2.27 bits per heavy atom. The van der Waals surface area contributed by atoms with E-state index in [1.165, 1.54) is 0 Å². The van der Waals surface area contributed by atoms with Crippen molar-refractivity contribution in [3.63, 3.8) is 0 Å². The van der Waals surface area contributed by atoms with Crippen molar-refractivity contribution in [1.29, 1.82) is 0 Å². The Labute approximate surface area is 88.2 Å². The Balaban J connectivity index is 0.000001000. The fourth-order valence-corrected chi connectivity index (χ4v) is 0.737. The van der Waals surface area contributed by atoms with Gasteiger partial charge in [0.2, 0.25) is 0 Å². The molecule has 0 aromatic heterocycles. The zero-order valence-corrected chi connectivity index (χ0v) is 8.78. The quantitative estimate of drug-likeness (QED) is 0.285. The average molecular weight is 158 g/mol. The summed E-state index contributed by atoms with van der Waals surface area (Å²) < 4.78 is 0. The molecule has 0 amide bonds. The van der Waals surface area contributed by atoms with Crippen molar-refractivity contribution in [2.45, 2.75) is 6.92 Å². The Hall–Kier alpha value is -0.310. The van der Waals surface area contributed by atoms with E-state index in [0.29, 0.717) is 5.71 Å². The molecule has 0 saturated carbocycles. The van der Waals surface area contributed by atoms with Crippen molar-refractivity contribution in [3.8, 4) is 0 Å². The van der Waals surface area contributed by atoms with Crippen LogP contribution in [0.2, 0.25) is 0 Å². The van der Waals surface area contributed by atoms with Gasteiger partial charge in [-0.1, -0.05) is 35.5 Å². The molecule has 1 radical (unpaired) electrons. The van der Waals surface area contributed by atoms with Crippen molar-refractivity contribution in [2.24, 2.45) is 5.16 Å². The number of rotatable bonds is 1. The topological polar surface area (TPSA) is 32.6 Å². The molecule has 53 valence electrons. The van der Waals surface area contributed by atoms with Crippen LogP contribution in [0.5, 0.6) is 0 Å². The van der Waals surface area contributed by atoms with Gasteiger partial charge in [0.1, 0.15) is 0 Å². The third kappa shape index (κ3) is 3.06. The monoisotopic (exact) mass is 158 g/mol. The Bertz CT molecular complexity index is 233. The molecule has 0 spiro atoms. The summed E-state index contributed by atoms with van der Waals surface area (Å²) in [5.41, 5.74) is 1.59. The van der Waals surface area contributed by atoms with Crippen LogP contribution in [0.1, 0.15) is 12.5 Å². The van der Waals surface area contributed by atoms with Crippen molar-refractivity contribution in [1.82, 2.24) is 0 Å². The van der Waals surface area contributed by atoms with Gasteiger partial charge in [-0.25, -0.2) is 0 Å². The Morgan fingerprint density at radius 1 is 1.27 bits per heavy atom. The van der Waals surface area contributed by atoms with Crippen LogP contribution < -0.4 is 0 Å². The minimum Gasteiger partial charge on any atom is -0.411 e. The van der Waals surface area contributed by atoms with E-state index in [4.69, 9.17) is 5.21 Å². The fourth-order valence-electron chi connectivity index (χ4n) is 0.737. The normalized spacial score (nSPS) is 10.5. The minimum atomic E-state index is 0. The SMILES string of the molecule is CC(=NO)c1ccccc1.[Na]. The number of hydrogen-bond acceptors (Lipinski definition) is 2. The zero-order chi connectivity index (χ0) is 7.40. The van der Waals surface area contributed by atoms with E-state index in [9.17, 15) is 0 Å². The Morgan fingerprint density at radius 2 is 1.82 bits per heavy atom. The summed E-state index contributed by atoms with van der Waals surface area (Å²) in [6.07, 6.45) is 0. The van der Waals surface area contributed by atoms with Crippen molar-refractivity contribution < 1.29 is 5.21 Å². The van der Waals surface area contributed by atoms with Gasteiger partial charge >= 0.3 is 0 Å². The first-order chi connectivity index (χ1) is 4.84. The summed E-state index contributed by atoms with van der Waals surface area (Å²) in [7, 11) is 0. The van der Waals surface area contributed by atoms with Gasteiger partial charge < -0.3 is 5.21 Å². The molecule has 0 fully saturated rings. The van der Waals surface area contributed by atoms with Gasteiger partial charge in [0.05, 0.1) is 5.71 Å². The van der Waals surface area contributed by atoms with Crippen LogP contribution in [-0.4, -0.2) is 40.5 Å². The third-order valence-corrected chi connectivity index (χ3v) is 1.34. The summed E-state index contributed by atoms with van der Waals surface area (Å²) in [4.78, 5) is 0. The molecule has 0 aliphatic rings. The van der Waals surface area contributed by atoms with Crippen LogP contribution in [0.15, 0.2) is 35.5 Å². The molecule has 0 heterocycles. The molecular weight excluding hydrogens is 149 g/mol. The number of benzene rings is 1. The van der Waals surface area contributed by atoms with Gasteiger partial charge in [0, 0.05) is 29.6 Å². The molecule has 2 nitrogen and oxygen atoms in total. The molecule has 1 N–H and O–H groups in total. The van der Waals surface area contributed by atoms with Crippen molar-refractivity contribution >= 4 is 35.3 Å². The van der Waals surface area contributed by atoms with Crippen LogP contribution in [-0.2, 0) is 0 Å². The number of hydrogen-bond donors (Lipinski definition) is 1. The molecule has 0 atom stereocenters. The van der Waals surface area contributed by atoms with E-state index < -0.39 is 0 Å². The molecule has 0 saturated heterocycles. The number of nitrogens with zero attached hydrogens (tertiary/aromatic N) is 1. The van der Waals surface area contributed by atoms with Gasteiger partial charge in [-0.3, -0.25) is 0 Å². The third-order valence-electron chi connectivity index (χ3n) is 1.34. The minimum absolute atomic E-state index is 0. The van der Waals surface area contributed by atoms with Gasteiger partial charge in [-0.2, -0.15) is 0 Å². The van der Waals surface area contributed by atoms with E-state index in [2.05, 4.69) is 5.16 Å². The maximum absolute atomic E-state index is 8.38. The van der Waals surface area contributed by atoms with Gasteiger partial charge in [0.15, 0.2) is 0 Å². The molecule has 1 aromatic carbocycles. The molecule has 11 heavy (non-hydrogen) atoms. The van der Waals surface area contributed by atoms with E-state index in [-0.39, 0.29) is 29.6 Å². The van der Waals surface area contributed by atoms with Crippen molar-refractivity contribution in [2.75, 3.05) is 0 Å². The first-order valence-electron chi connectivity index (χ1n) is 3.08. The molecule has 0 bridgehead atoms. The van der Waals surface area contributed by atoms with Gasteiger partial charge in [-0.15, -0.1) is 0 Å². The molecule has 0 aliphatic heterocycles. The molecule has 1 rings (SSSR count). The van der Waals surface area contributed by atoms with Crippen LogP contribution in [0.25, 0.3) is 0 Å². The van der Waals surface area contributed by atoms with Crippen LogP contribution in [0.3, 0.4) is 0 Å².